The van der Waals surface area contributed by atoms with Crippen LogP contribution in [0.2, 0.25) is 0 Å². The molecule has 2 nitrogen and oxygen atoms in total. The smallest absolute Gasteiger partial charge is 0.0243 e. The van der Waals surface area contributed by atoms with Crippen LogP contribution in [0, 0.1) is 19.8 Å². The van der Waals surface area contributed by atoms with Crippen molar-refractivity contribution in [2.75, 3.05) is 19.6 Å². The summed E-state index contributed by atoms with van der Waals surface area (Å²) in [5, 5.41) is 3.67. The SMILES string of the molecule is Cc1ccc(CNCC(C(C)C)N2CCCC2)cc1C. The van der Waals surface area contributed by atoms with E-state index in [4.69, 9.17) is 0 Å². The molecular weight excluding hydrogens is 244 g/mol. The molecule has 0 saturated carbocycles. The summed E-state index contributed by atoms with van der Waals surface area (Å²) in [4.78, 5) is 2.66. The molecule has 1 aliphatic heterocycles. The quantitative estimate of drug-likeness (QED) is 0.854. The van der Waals surface area contributed by atoms with Crippen LogP contribution in [0.5, 0.6) is 0 Å². The lowest BCUT2D eigenvalue weighted by molar-refractivity contribution is 0.186. The molecule has 0 aromatic heterocycles. The van der Waals surface area contributed by atoms with Gasteiger partial charge in [0, 0.05) is 19.1 Å². The molecule has 1 saturated heterocycles. The molecule has 20 heavy (non-hydrogen) atoms. The van der Waals surface area contributed by atoms with Crippen molar-refractivity contribution in [2.24, 2.45) is 5.92 Å². The predicted molar refractivity (Wildman–Crippen MR) is 87.1 cm³/mol. The Morgan fingerprint density at radius 1 is 1.10 bits per heavy atom. The molecule has 0 aliphatic carbocycles. The van der Waals surface area contributed by atoms with E-state index in [1.807, 2.05) is 0 Å². The molecule has 1 unspecified atom stereocenters. The van der Waals surface area contributed by atoms with E-state index in [-0.39, 0.29) is 0 Å². The van der Waals surface area contributed by atoms with Gasteiger partial charge in [0.25, 0.3) is 0 Å². The Hall–Kier alpha value is -0.860. The van der Waals surface area contributed by atoms with Crippen molar-refractivity contribution in [3.63, 3.8) is 0 Å². The second-order valence-corrected chi connectivity index (χ2v) is 6.60. The third kappa shape index (κ3) is 4.07. The Morgan fingerprint density at radius 2 is 1.80 bits per heavy atom. The zero-order valence-corrected chi connectivity index (χ0v) is 13.6. The molecule has 1 aromatic rings. The molecule has 0 radical (unpaired) electrons. The van der Waals surface area contributed by atoms with E-state index in [2.05, 4.69) is 56.1 Å². The van der Waals surface area contributed by atoms with Crippen molar-refractivity contribution in [3.05, 3.63) is 34.9 Å². The highest BCUT2D eigenvalue weighted by molar-refractivity contribution is 5.29. The third-order valence-electron chi connectivity index (χ3n) is 4.63. The van der Waals surface area contributed by atoms with Gasteiger partial charge in [-0.3, -0.25) is 4.90 Å². The fourth-order valence-electron chi connectivity index (χ4n) is 3.14. The van der Waals surface area contributed by atoms with Crippen molar-refractivity contribution >= 4 is 0 Å². The first-order chi connectivity index (χ1) is 9.58. The van der Waals surface area contributed by atoms with Gasteiger partial charge in [-0.25, -0.2) is 0 Å². The minimum Gasteiger partial charge on any atom is -0.311 e. The first kappa shape index (κ1) is 15.5. The van der Waals surface area contributed by atoms with Gasteiger partial charge in [0.1, 0.15) is 0 Å². The molecule has 2 rings (SSSR count). The lowest BCUT2D eigenvalue weighted by Crippen LogP contribution is -2.44. The second-order valence-electron chi connectivity index (χ2n) is 6.60. The van der Waals surface area contributed by atoms with Gasteiger partial charge in [-0.1, -0.05) is 32.0 Å². The number of hydrogen-bond acceptors (Lipinski definition) is 2. The zero-order chi connectivity index (χ0) is 14.5. The van der Waals surface area contributed by atoms with Crippen molar-refractivity contribution in [1.29, 1.82) is 0 Å². The monoisotopic (exact) mass is 274 g/mol. The standard InChI is InChI=1S/C18H30N2/c1-14(2)18(20-9-5-6-10-20)13-19-12-17-8-7-15(3)16(4)11-17/h7-8,11,14,18-19H,5-6,9-10,12-13H2,1-4H3. The van der Waals surface area contributed by atoms with Crippen molar-refractivity contribution in [2.45, 2.75) is 53.1 Å². The Balaban J connectivity index is 1.84. The van der Waals surface area contributed by atoms with Gasteiger partial charge in [-0.05, 0) is 62.4 Å². The number of hydrogen-bond donors (Lipinski definition) is 1. The van der Waals surface area contributed by atoms with Crippen LogP contribution in [-0.2, 0) is 6.54 Å². The van der Waals surface area contributed by atoms with E-state index in [0.29, 0.717) is 6.04 Å². The van der Waals surface area contributed by atoms with E-state index in [0.717, 1.165) is 19.0 Å². The van der Waals surface area contributed by atoms with Crippen LogP contribution in [-0.4, -0.2) is 30.6 Å². The maximum Gasteiger partial charge on any atom is 0.0243 e. The number of aryl methyl sites for hydroxylation is 2. The summed E-state index contributed by atoms with van der Waals surface area (Å²) < 4.78 is 0. The van der Waals surface area contributed by atoms with Crippen molar-refractivity contribution in [1.82, 2.24) is 10.2 Å². The number of rotatable bonds is 6. The van der Waals surface area contributed by atoms with Gasteiger partial charge in [-0.2, -0.15) is 0 Å². The molecule has 0 amide bonds. The van der Waals surface area contributed by atoms with Gasteiger partial charge < -0.3 is 5.32 Å². The van der Waals surface area contributed by atoms with Gasteiger partial charge >= 0.3 is 0 Å². The molecule has 1 aliphatic rings. The van der Waals surface area contributed by atoms with E-state index in [1.54, 1.807) is 0 Å². The molecule has 112 valence electrons. The molecule has 0 spiro atoms. The zero-order valence-electron chi connectivity index (χ0n) is 13.6. The van der Waals surface area contributed by atoms with Crippen LogP contribution in [0.4, 0.5) is 0 Å². The Bertz CT molecular complexity index is 419. The Kier molecular flexibility index (Phi) is 5.62. The summed E-state index contributed by atoms with van der Waals surface area (Å²) in [6, 6.07) is 7.47. The summed E-state index contributed by atoms with van der Waals surface area (Å²) in [7, 11) is 0. The van der Waals surface area contributed by atoms with Gasteiger partial charge in [0.2, 0.25) is 0 Å². The summed E-state index contributed by atoms with van der Waals surface area (Å²) in [6.45, 7) is 13.7. The van der Waals surface area contributed by atoms with Crippen molar-refractivity contribution < 1.29 is 0 Å². The van der Waals surface area contributed by atoms with Crippen LogP contribution in [0.3, 0.4) is 0 Å². The molecule has 1 N–H and O–H groups in total. The number of nitrogens with one attached hydrogen (secondary N) is 1. The average Bonchev–Trinajstić information content (AvgIpc) is 2.92. The normalized spacial score (nSPS) is 17.9. The van der Waals surface area contributed by atoms with Crippen LogP contribution in [0.25, 0.3) is 0 Å². The van der Waals surface area contributed by atoms with E-state index >= 15 is 0 Å². The van der Waals surface area contributed by atoms with Gasteiger partial charge in [-0.15, -0.1) is 0 Å². The van der Waals surface area contributed by atoms with Crippen LogP contribution in [0.15, 0.2) is 18.2 Å². The first-order valence-corrected chi connectivity index (χ1v) is 8.09. The molecule has 1 aromatic carbocycles. The lowest BCUT2D eigenvalue weighted by atomic mass is 10.0. The fraction of sp³-hybridized carbons (Fsp3) is 0.667. The Morgan fingerprint density at radius 3 is 2.40 bits per heavy atom. The number of likely N-dealkylation sites (tertiary alicyclic amines) is 1. The molecule has 1 fully saturated rings. The Labute approximate surface area is 124 Å². The highest BCUT2D eigenvalue weighted by atomic mass is 15.2. The molecule has 0 bridgehead atoms. The van der Waals surface area contributed by atoms with Crippen LogP contribution < -0.4 is 5.32 Å². The topological polar surface area (TPSA) is 15.3 Å². The average molecular weight is 274 g/mol. The lowest BCUT2D eigenvalue weighted by Gasteiger charge is -2.31. The van der Waals surface area contributed by atoms with E-state index in [9.17, 15) is 0 Å². The van der Waals surface area contributed by atoms with E-state index < -0.39 is 0 Å². The van der Waals surface area contributed by atoms with Gasteiger partial charge in [0.15, 0.2) is 0 Å². The summed E-state index contributed by atoms with van der Waals surface area (Å²) >= 11 is 0. The van der Waals surface area contributed by atoms with E-state index in [1.165, 1.54) is 42.6 Å². The van der Waals surface area contributed by atoms with Gasteiger partial charge in [0.05, 0.1) is 0 Å². The largest absolute Gasteiger partial charge is 0.311 e. The van der Waals surface area contributed by atoms with Crippen LogP contribution >= 0.6 is 0 Å². The molecule has 1 atom stereocenters. The third-order valence-corrected chi connectivity index (χ3v) is 4.63. The summed E-state index contributed by atoms with van der Waals surface area (Å²) in [5.74, 6) is 0.723. The predicted octanol–water partition coefficient (Wildman–Crippen LogP) is 3.51. The molecular formula is C18H30N2. The molecule has 1 heterocycles. The maximum atomic E-state index is 3.67. The summed E-state index contributed by atoms with van der Waals surface area (Å²) in [5.41, 5.74) is 4.17. The summed E-state index contributed by atoms with van der Waals surface area (Å²) in [6.07, 6.45) is 2.75. The van der Waals surface area contributed by atoms with Crippen molar-refractivity contribution in [3.8, 4) is 0 Å². The fourth-order valence-corrected chi connectivity index (χ4v) is 3.14. The minimum atomic E-state index is 0.684. The highest BCUT2D eigenvalue weighted by Crippen LogP contribution is 2.17. The maximum absolute atomic E-state index is 3.67. The minimum absolute atomic E-state index is 0.684. The number of benzene rings is 1. The first-order valence-electron chi connectivity index (χ1n) is 8.09. The highest BCUT2D eigenvalue weighted by Gasteiger charge is 2.23. The second kappa shape index (κ2) is 7.24. The van der Waals surface area contributed by atoms with Crippen LogP contribution in [0.1, 0.15) is 43.4 Å². The number of nitrogens with zero attached hydrogens (tertiary/aromatic N) is 1. The molecule has 2 heteroatoms.